The maximum absolute atomic E-state index is 13.8. The van der Waals surface area contributed by atoms with Crippen molar-refractivity contribution in [2.45, 2.75) is 19.9 Å². The van der Waals surface area contributed by atoms with Crippen molar-refractivity contribution in [3.8, 4) is 17.2 Å². The van der Waals surface area contributed by atoms with Crippen molar-refractivity contribution in [2.75, 3.05) is 20.8 Å². The molecule has 0 unspecified atom stereocenters. The predicted octanol–water partition coefficient (Wildman–Crippen LogP) is 3.19. The molecule has 1 aliphatic heterocycles. The topological polar surface area (TPSA) is 142 Å². The number of benzene rings is 2. The first-order chi connectivity index (χ1) is 18.1. The van der Waals surface area contributed by atoms with Crippen molar-refractivity contribution in [1.82, 2.24) is 4.57 Å². The van der Waals surface area contributed by atoms with Gasteiger partial charge in [-0.3, -0.25) is 19.5 Å². The zero-order valence-electron chi connectivity index (χ0n) is 20.7. The minimum absolute atomic E-state index is 0.0198. The van der Waals surface area contributed by atoms with Crippen LogP contribution in [0.2, 0.25) is 0 Å². The molecule has 0 fully saturated rings. The van der Waals surface area contributed by atoms with Crippen LogP contribution in [0.1, 0.15) is 31.0 Å². The van der Waals surface area contributed by atoms with Gasteiger partial charge in [0.2, 0.25) is 0 Å². The molecule has 0 spiro atoms. The standard InChI is InChI=1S/C25H22BrN3O8S/c1-5-37-24(32)20-12(2)27-25-28(21(20)13-6-7-17(35-3)16(26)9-13)23(31)19(38-25)10-14-8-15(29(33)34)11-18(36-4)22(14)30/h6-11,21,30H,5H2,1-4H3/b19-10-/t21-/m1/s1. The van der Waals surface area contributed by atoms with Crippen molar-refractivity contribution in [2.24, 2.45) is 4.99 Å². The second-order valence-corrected chi connectivity index (χ2v) is 9.90. The molecule has 198 valence electrons. The second-order valence-electron chi connectivity index (χ2n) is 8.04. The average Bonchev–Trinajstić information content (AvgIpc) is 3.18. The number of rotatable bonds is 7. The summed E-state index contributed by atoms with van der Waals surface area (Å²) in [5, 5.41) is 22.0. The SMILES string of the molecule is CCOC(=O)C1=C(C)N=c2s/c(=C\c3cc([N+](=O)[O-])cc(OC)c3O)c(=O)n2[C@@H]1c1ccc(OC)c(Br)c1. The first kappa shape index (κ1) is 27.1. The van der Waals surface area contributed by atoms with Gasteiger partial charge in [0.1, 0.15) is 5.75 Å². The number of thiazole rings is 1. The van der Waals surface area contributed by atoms with Gasteiger partial charge in [0.25, 0.3) is 11.2 Å². The number of non-ortho nitro benzene ring substituents is 1. The summed E-state index contributed by atoms with van der Waals surface area (Å²) in [6.45, 7) is 3.47. The molecule has 1 N–H and O–H groups in total. The van der Waals surface area contributed by atoms with Crippen molar-refractivity contribution in [3.63, 3.8) is 0 Å². The van der Waals surface area contributed by atoms with Gasteiger partial charge in [-0.1, -0.05) is 17.4 Å². The van der Waals surface area contributed by atoms with E-state index in [-0.39, 0.29) is 39.5 Å². The number of nitro benzene ring substituents is 1. The number of carbonyl (C=O) groups excluding carboxylic acids is 1. The maximum atomic E-state index is 13.8. The lowest BCUT2D eigenvalue weighted by atomic mass is 9.96. The van der Waals surface area contributed by atoms with Gasteiger partial charge in [0.05, 0.1) is 58.1 Å². The van der Waals surface area contributed by atoms with Gasteiger partial charge in [-0.2, -0.15) is 0 Å². The van der Waals surface area contributed by atoms with E-state index in [0.717, 1.165) is 23.5 Å². The molecule has 0 amide bonds. The lowest BCUT2D eigenvalue weighted by molar-refractivity contribution is -0.385. The molecule has 2 heterocycles. The molecule has 0 aliphatic carbocycles. The Balaban J connectivity index is 2.00. The van der Waals surface area contributed by atoms with Crippen LogP contribution in [0.5, 0.6) is 17.2 Å². The molecule has 1 atom stereocenters. The summed E-state index contributed by atoms with van der Waals surface area (Å²) in [5.41, 5.74) is 0.370. The maximum Gasteiger partial charge on any atom is 0.338 e. The summed E-state index contributed by atoms with van der Waals surface area (Å²) in [7, 11) is 2.79. The second kappa shape index (κ2) is 10.8. The Morgan fingerprint density at radius 1 is 1.26 bits per heavy atom. The van der Waals surface area contributed by atoms with E-state index in [0.29, 0.717) is 26.3 Å². The number of nitro groups is 1. The highest BCUT2D eigenvalue weighted by molar-refractivity contribution is 9.10. The number of ether oxygens (including phenoxy) is 3. The molecule has 0 saturated carbocycles. The van der Waals surface area contributed by atoms with Crippen LogP contribution in [-0.2, 0) is 9.53 Å². The number of aromatic nitrogens is 1. The van der Waals surface area contributed by atoms with Crippen LogP contribution in [0.25, 0.3) is 6.08 Å². The molecule has 11 nitrogen and oxygen atoms in total. The molecular formula is C25H22BrN3O8S. The Morgan fingerprint density at radius 2 is 1.97 bits per heavy atom. The van der Waals surface area contributed by atoms with Crippen LogP contribution < -0.4 is 24.4 Å². The summed E-state index contributed by atoms with van der Waals surface area (Å²) < 4.78 is 17.8. The van der Waals surface area contributed by atoms with Gasteiger partial charge in [-0.05, 0) is 53.5 Å². The number of methoxy groups -OCH3 is 2. The quantitative estimate of drug-likeness (QED) is 0.246. The third kappa shape index (κ3) is 4.82. The van der Waals surface area contributed by atoms with Crippen molar-refractivity contribution < 1.29 is 29.0 Å². The summed E-state index contributed by atoms with van der Waals surface area (Å²) in [4.78, 5) is 42.3. The summed E-state index contributed by atoms with van der Waals surface area (Å²) in [6.07, 6.45) is 1.33. The highest BCUT2D eigenvalue weighted by Crippen LogP contribution is 2.36. The van der Waals surface area contributed by atoms with Crippen molar-refractivity contribution in [1.29, 1.82) is 0 Å². The molecule has 0 saturated heterocycles. The van der Waals surface area contributed by atoms with Crippen LogP contribution >= 0.6 is 27.3 Å². The van der Waals surface area contributed by atoms with E-state index >= 15 is 0 Å². The largest absolute Gasteiger partial charge is 0.504 e. The van der Waals surface area contributed by atoms with Gasteiger partial charge in [-0.15, -0.1) is 0 Å². The number of hydrogen-bond donors (Lipinski definition) is 1. The molecule has 1 aliphatic rings. The number of phenols is 1. The Bertz CT molecular complexity index is 1670. The number of esters is 1. The van der Waals surface area contributed by atoms with Gasteiger partial charge < -0.3 is 19.3 Å². The molecule has 2 aromatic carbocycles. The third-order valence-electron chi connectivity index (χ3n) is 5.82. The van der Waals surface area contributed by atoms with Gasteiger partial charge in [0, 0.05) is 11.6 Å². The molecule has 38 heavy (non-hydrogen) atoms. The van der Waals surface area contributed by atoms with Crippen molar-refractivity contribution in [3.05, 3.63) is 87.0 Å². The number of hydrogen-bond acceptors (Lipinski definition) is 10. The number of phenolic OH excluding ortho intramolecular Hbond substituents is 1. The van der Waals surface area contributed by atoms with Crippen LogP contribution in [0.4, 0.5) is 5.69 Å². The number of fused-ring (bicyclic) bond motifs is 1. The minimum Gasteiger partial charge on any atom is -0.504 e. The normalized spacial score (nSPS) is 15.1. The fourth-order valence-electron chi connectivity index (χ4n) is 4.09. The molecule has 1 aromatic heterocycles. The fourth-order valence-corrected chi connectivity index (χ4v) is 5.68. The van der Waals surface area contributed by atoms with E-state index in [1.54, 1.807) is 32.0 Å². The summed E-state index contributed by atoms with van der Waals surface area (Å²) in [5.74, 6) is -0.515. The average molecular weight is 604 g/mol. The zero-order valence-corrected chi connectivity index (χ0v) is 23.1. The number of halogens is 1. The predicted molar refractivity (Wildman–Crippen MR) is 142 cm³/mol. The minimum atomic E-state index is -0.872. The zero-order chi connectivity index (χ0) is 27.7. The summed E-state index contributed by atoms with van der Waals surface area (Å²) in [6, 6.07) is 6.55. The van der Waals surface area contributed by atoms with Crippen molar-refractivity contribution >= 4 is 45.0 Å². The summed E-state index contributed by atoms with van der Waals surface area (Å²) >= 11 is 4.48. The molecule has 0 bridgehead atoms. The fraction of sp³-hybridized carbons (Fsp3) is 0.240. The van der Waals surface area contributed by atoms with Crippen LogP contribution in [0.3, 0.4) is 0 Å². The van der Waals surface area contributed by atoms with E-state index < -0.39 is 22.5 Å². The highest BCUT2D eigenvalue weighted by atomic mass is 79.9. The number of carbonyl (C=O) groups is 1. The Hall–Kier alpha value is -3.97. The van der Waals surface area contributed by atoms with E-state index in [4.69, 9.17) is 14.2 Å². The number of aromatic hydroxyl groups is 1. The van der Waals surface area contributed by atoms with Crippen LogP contribution in [-0.4, -0.2) is 41.4 Å². The number of nitrogens with zero attached hydrogens (tertiary/aromatic N) is 3. The van der Waals surface area contributed by atoms with E-state index in [9.17, 15) is 24.8 Å². The smallest absolute Gasteiger partial charge is 0.338 e. The monoisotopic (exact) mass is 603 g/mol. The van der Waals surface area contributed by atoms with Crippen LogP contribution in [0, 0.1) is 10.1 Å². The first-order valence-corrected chi connectivity index (χ1v) is 12.8. The van der Waals surface area contributed by atoms with E-state index in [2.05, 4.69) is 20.9 Å². The molecule has 3 aromatic rings. The molecular weight excluding hydrogens is 582 g/mol. The third-order valence-corrected chi connectivity index (χ3v) is 7.42. The van der Waals surface area contributed by atoms with Gasteiger partial charge in [0.15, 0.2) is 16.3 Å². The Kier molecular flexibility index (Phi) is 7.69. The van der Waals surface area contributed by atoms with E-state index in [1.807, 2.05) is 0 Å². The lowest BCUT2D eigenvalue weighted by Gasteiger charge is -2.25. The molecule has 4 rings (SSSR count). The Morgan fingerprint density at radius 3 is 2.58 bits per heavy atom. The molecule has 13 heteroatoms. The van der Waals surface area contributed by atoms with Crippen LogP contribution in [0.15, 0.2) is 55.9 Å². The van der Waals surface area contributed by atoms with Gasteiger partial charge >= 0.3 is 5.97 Å². The molecule has 0 radical (unpaired) electrons. The lowest BCUT2D eigenvalue weighted by Crippen LogP contribution is -2.40. The highest BCUT2D eigenvalue weighted by Gasteiger charge is 2.33. The first-order valence-electron chi connectivity index (χ1n) is 11.2. The van der Waals surface area contributed by atoms with Gasteiger partial charge in [-0.25, -0.2) is 9.79 Å². The Labute approximate surface area is 228 Å². The van der Waals surface area contributed by atoms with E-state index in [1.165, 1.54) is 24.9 Å². The number of allylic oxidation sites excluding steroid dienone is 1.